The van der Waals surface area contributed by atoms with Crippen LogP contribution in [0.2, 0.25) is 0 Å². The van der Waals surface area contributed by atoms with Gasteiger partial charge in [-0.1, -0.05) is 30.3 Å². The summed E-state index contributed by atoms with van der Waals surface area (Å²) < 4.78 is 7.46. The summed E-state index contributed by atoms with van der Waals surface area (Å²) in [6, 6.07) is 17.3. The van der Waals surface area contributed by atoms with Crippen LogP contribution in [0, 0.1) is 0 Å². The lowest BCUT2D eigenvalue weighted by molar-refractivity contribution is -0.137. The molecule has 3 N–H and O–H groups in total. The third-order valence-electron chi connectivity index (χ3n) is 9.35. The van der Waals surface area contributed by atoms with Gasteiger partial charge in [0.2, 0.25) is 17.7 Å². The monoisotopic (exact) mass is 694 g/mol. The molecule has 13 nitrogen and oxygen atoms in total. The molecule has 0 saturated carbocycles. The summed E-state index contributed by atoms with van der Waals surface area (Å²) in [4.78, 5) is 78.6. The molecular formula is C36H34N6O7S. The van der Waals surface area contributed by atoms with Gasteiger partial charge in [-0.05, 0) is 55.2 Å². The number of likely N-dealkylation sites (tertiary alicyclic amines) is 1. The molecule has 0 aliphatic carbocycles. The molecule has 0 spiro atoms. The highest BCUT2D eigenvalue weighted by atomic mass is 32.2. The number of rotatable bonds is 10. The number of ether oxygens (including phenoxy) is 1. The Balaban J connectivity index is 0.906. The van der Waals surface area contributed by atoms with Gasteiger partial charge in [0, 0.05) is 47.7 Å². The van der Waals surface area contributed by atoms with Crippen molar-refractivity contribution in [1.29, 1.82) is 0 Å². The van der Waals surface area contributed by atoms with Crippen molar-refractivity contribution in [3.63, 3.8) is 0 Å². The summed E-state index contributed by atoms with van der Waals surface area (Å²) >= 11 is 1.34. The standard InChI is InChI=1S/C36H34N6O7S/c37-33(45)26-7-1-4-23-19-41(39-32(23)26)24-11-9-21(10-12-24)22-5-3-15-40(18-22)30(44)20-49-16-17-50-28-8-2-6-25-31(28)36(48)42(35(25)47)27-13-14-29(43)38-34(27)46/h1-2,4,6-12,19,22,27H,3,5,13-18,20H2,(H2,37,45)(H,38,43,46)/t22-,27?/m1/s1. The first-order valence-electron chi connectivity index (χ1n) is 16.4. The molecule has 7 rings (SSSR count). The Morgan fingerprint density at radius 2 is 1.78 bits per heavy atom. The molecule has 2 atom stereocenters. The van der Waals surface area contributed by atoms with Crippen LogP contribution in [0.25, 0.3) is 16.6 Å². The van der Waals surface area contributed by atoms with Crippen LogP contribution in [0.3, 0.4) is 0 Å². The van der Waals surface area contributed by atoms with Gasteiger partial charge in [0.1, 0.15) is 18.2 Å². The van der Waals surface area contributed by atoms with Crippen LogP contribution < -0.4 is 11.1 Å². The van der Waals surface area contributed by atoms with Crippen LogP contribution in [-0.2, 0) is 19.1 Å². The van der Waals surface area contributed by atoms with E-state index in [2.05, 4.69) is 10.4 Å². The van der Waals surface area contributed by atoms with Crippen molar-refractivity contribution in [2.75, 3.05) is 32.1 Å². The number of hydrogen-bond acceptors (Lipinski definition) is 9. The zero-order chi connectivity index (χ0) is 34.9. The summed E-state index contributed by atoms with van der Waals surface area (Å²) in [5, 5.41) is 7.61. The Morgan fingerprint density at radius 1 is 0.980 bits per heavy atom. The van der Waals surface area contributed by atoms with Gasteiger partial charge >= 0.3 is 0 Å². The first-order chi connectivity index (χ1) is 24.2. The Morgan fingerprint density at radius 3 is 2.56 bits per heavy atom. The third-order valence-corrected chi connectivity index (χ3v) is 10.4. The predicted octanol–water partition coefficient (Wildman–Crippen LogP) is 3.04. The Kier molecular flexibility index (Phi) is 9.21. The number of hydrogen-bond donors (Lipinski definition) is 2. The zero-order valence-electron chi connectivity index (χ0n) is 27.0. The minimum atomic E-state index is -1.02. The maximum absolute atomic E-state index is 13.3. The van der Waals surface area contributed by atoms with E-state index in [1.54, 1.807) is 35.0 Å². The van der Waals surface area contributed by atoms with Crippen molar-refractivity contribution < 1.29 is 33.5 Å². The molecule has 2 saturated heterocycles. The molecule has 4 heterocycles. The number of aromatic nitrogens is 2. The molecule has 2 fully saturated rings. The van der Waals surface area contributed by atoms with Gasteiger partial charge in [-0.15, -0.1) is 11.8 Å². The quantitative estimate of drug-likeness (QED) is 0.144. The van der Waals surface area contributed by atoms with Crippen molar-refractivity contribution in [3.05, 3.63) is 89.1 Å². The second-order valence-electron chi connectivity index (χ2n) is 12.5. The second kappa shape index (κ2) is 13.9. The molecule has 1 aromatic heterocycles. The normalized spacial score (nSPS) is 19.2. The molecule has 256 valence electrons. The number of piperidine rings is 2. The number of carbonyl (C=O) groups is 6. The van der Waals surface area contributed by atoms with Gasteiger partial charge in [-0.25, -0.2) is 4.68 Å². The minimum absolute atomic E-state index is 0.0553. The molecule has 3 aliphatic rings. The number of fused-ring (bicyclic) bond motifs is 2. The third kappa shape index (κ3) is 6.39. The number of thioether (sulfide) groups is 1. The maximum atomic E-state index is 13.3. The number of carbonyl (C=O) groups excluding carboxylic acids is 6. The van der Waals surface area contributed by atoms with Gasteiger partial charge in [-0.2, -0.15) is 5.10 Å². The maximum Gasteiger partial charge on any atom is 0.263 e. The van der Waals surface area contributed by atoms with Crippen molar-refractivity contribution in [2.45, 2.75) is 42.5 Å². The van der Waals surface area contributed by atoms with E-state index in [9.17, 15) is 28.8 Å². The molecule has 3 aromatic carbocycles. The topological polar surface area (TPSA) is 174 Å². The van der Waals surface area contributed by atoms with Crippen molar-refractivity contribution in [3.8, 4) is 5.69 Å². The molecular weight excluding hydrogens is 660 g/mol. The van der Waals surface area contributed by atoms with E-state index in [0.29, 0.717) is 34.8 Å². The lowest BCUT2D eigenvalue weighted by Crippen LogP contribution is -2.54. The average Bonchev–Trinajstić information content (AvgIpc) is 3.67. The summed E-state index contributed by atoms with van der Waals surface area (Å²) in [5.41, 5.74) is 8.88. The largest absolute Gasteiger partial charge is 0.371 e. The first-order valence-corrected chi connectivity index (χ1v) is 17.4. The lowest BCUT2D eigenvalue weighted by Gasteiger charge is -2.33. The van der Waals surface area contributed by atoms with E-state index in [1.165, 1.54) is 11.8 Å². The molecule has 0 bridgehead atoms. The van der Waals surface area contributed by atoms with E-state index in [-0.39, 0.29) is 49.0 Å². The molecule has 50 heavy (non-hydrogen) atoms. The number of nitrogens with zero attached hydrogens (tertiary/aromatic N) is 4. The fraction of sp³-hybridized carbons (Fsp3) is 0.306. The number of primary amides is 1. The molecule has 4 aromatic rings. The second-order valence-corrected chi connectivity index (χ2v) is 13.6. The van der Waals surface area contributed by atoms with Gasteiger partial charge in [0.15, 0.2) is 0 Å². The molecule has 14 heteroatoms. The van der Waals surface area contributed by atoms with Crippen molar-refractivity contribution >= 4 is 58.1 Å². The van der Waals surface area contributed by atoms with Crippen LogP contribution in [0.1, 0.15) is 68.2 Å². The van der Waals surface area contributed by atoms with Crippen molar-refractivity contribution in [1.82, 2.24) is 24.9 Å². The summed E-state index contributed by atoms with van der Waals surface area (Å²) in [6.07, 6.45) is 3.84. The fourth-order valence-corrected chi connectivity index (χ4v) is 7.75. The summed E-state index contributed by atoms with van der Waals surface area (Å²) in [5.74, 6) is -2.18. The molecule has 1 unspecified atom stereocenters. The minimum Gasteiger partial charge on any atom is -0.371 e. The van der Waals surface area contributed by atoms with Gasteiger partial charge < -0.3 is 15.4 Å². The van der Waals surface area contributed by atoms with Gasteiger partial charge in [0.25, 0.3) is 17.7 Å². The van der Waals surface area contributed by atoms with E-state index in [4.69, 9.17) is 10.5 Å². The van der Waals surface area contributed by atoms with Gasteiger partial charge in [-0.3, -0.25) is 39.0 Å². The Bertz CT molecular complexity index is 2040. The lowest BCUT2D eigenvalue weighted by atomic mass is 9.90. The smallest absolute Gasteiger partial charge is 0.263 e. The highest BCUT2D eigenvalue weighted by Gasteiger charge is 2.45. The SMILES string of the molecule is NC(=O)c1cccc2cn(-c3ccc([C@@H]4CCCN(C(=O)COCCSc5cccc6c5C(=O)N(C5CCC(=O)NC5=O)C6=O)C4)cc3)nc12. The number of amides is 6. The van der Waals surface area contributed by atoms with Crippen LogP contribution in [-0.4, -0.2) is 93.1 Å². The van der Waals surface area contributed by atoms with Crippen LogP contribution in [0.4, 0.5) is 0 Å². The van der Waals surface area contributed by atoms with Crippen LogP contribution in [0.15, 0.2) is 71.8 Å². The predicted molar refractivity (Wildman–Crippen MR) is 183 cm³/mol. The summed E-state index contributed by atoms with van der Waals surface area (Å²) in [7, 11) is 0. The van der Waals surface area contributed by atoms with E-state index in [0.717, 1.165) is 34.4 Å². The molecule has 0 radical (unpaired) electrons. The van der Waals surface area contributed by atoms with E-state index in [1.807, 2.05) is 41.4 Å². The fourth-order valence-electron chi connectivity index (χ4n) is 6.82. The zero-order valence-corrected chi connectivity index (χ0v) is 27.8. The van der Waals surface area contributed by atoms with E-state index < -0.39 is 35.6 Å². The number of nitrogens with two attached hydrogens (primary N) is 1. The first kappa shape index (κ1) is 33.2. The van der Waals surface area contributed by atoms with E-state index >= 15 is 0 Å². The molecule has 3 aliphatic heterocycles. The van der Waals surface area contributed by atoms with Gasteiger partial charge in [0.05, 0.1) is 29.0 Å². The Labute approximate surface area is 291 Å². The van der Waals surface area contributed by atoms with Crippen LogP contribution in [0.5, 0.6) is 0 Å². The van der Waals surface area contributed by atoms with Crippen LogP contribution >= 0.6 is 11.8 Å². The highest BCUT2D eigenvalue weighted by Crippen LogP contribution is 2.34. The number of benzene rings is 3. The van der Waals surface area contributed by atoms with Crippen molar-refractivity contribution in [2.24, 2.45) is 5.73 Å². The highest BCUT2D eigenvalue weighted by molar-refractivity contribution is 7.99. The summed E-state index contributed by atoms with van der Waals surface area (Å²) in [6.45, 7) is 1.42. The average molecular weight is 695 g/mol. The molecule has 6 amide bonds. The number of imide groups is 2. The number of nitrogens with one attached hydrogen (secondary N) is 1. The Hall–Kier alpha value is -5.34.